The Hall–Kier alpha value is -1.34. The van der Waals surface area contributed by atoms with Crippen LogP contribution in [0.2, 0.25) is 0 Å². The SMILES string of the molecule is CCC(C)NCCc1cccc2ccccc12. The quantitative estimate of drug-likeness (QED) is 0.820. The molecule has 0 spiro atoms. The molecule has 0 fully saturated rings. The van der Waals surface area contributed by atoms with E-state index in [0.29, 0.717) is 6.04 Å². The zero-order valence-corrected chi connectivity index (χ0v) is 10.7. The van der Waals surface area contributed by atoms with E-state index in [0.717, 1.165) is 13.0 Å². The Kier molecular flexibility index (Phi) is 4.16. The van der Waals surface area contributed by atoms with Crippen LogP contribution in [0, 0.1) is 0 Å². The van der Waals surface area contributed by atoms with Crippen LogP contribution in [0.15, 0.2) is 42.5 Å². The molecule has 1 heteroatoms. The van der Waals surface area contributed by atoms with E-state index in [1.165, 1.54) is 22.8 Å². The van der Waals surface area contributed by atoms with E-state index in [9.17, 15) is 0 Å². The molecule has 0 aliphatic carbocycles. The normalized spacial score (nSPS) is 12.8. The van der Waals surface area contributed by atoms with Crippen LogP contribution in [-0.2, 0) is 6.42 Å². The first-order valence-corrected chi connectivity index (χ1v) is 6.51. The van der Waals surface area contributed by atoms with Crippen molar-refractivity contribution >= 4 is 10.8 Å². The maximum atomic E-state index is 3.55. The van der Waals surface area contributed by atoms with Gasteiger partial charge in [-0.05, 0) is 42.6 Å². The highest BCUT2D eigenvalue weighted by Crippen LogP contribution is 2.18. The van der Waals surface area contributed by atoms with Gasteiger partial charge in [-0.15, -0.1) is 0 Å². The van der Waals surface area contributed by atoms with Crippen LogP contribution >= 0.6 is 0 Å². The van der Waals surface area contributed by atoms with E-state index in [4.69, 9.17) is 0 Å². The fourth-order valence-electron chi connectivity index (χ4n) is 2.11. The van der Waals surface area contributed by atoms with Gasteiger partial charge in [0.15, 0.2) is 0 Å². The molecule has 0 heterocycles. The van der Waals surface area contributed by atoms with Gasteiger partial charge in [0, 0.05) is 6.04 Å². The molecule has 1 atom stereocenters. The van der Waals surface area contributed by atoms with Crippen LogP contribution in [0.25, 0.3) is 10.8 Å². The van der Waals surface area contributed by atoms with Crippen molar-refractivity contribution in [3.63, 3.8) is 0 Å². The Morgan fingerprint density at radius 1 is 1.06 bits per heavy atom. The van der Waals surface area contributed by atoms with E-state index >= 15 is 0 Å². The lowest BCUT2D eigenvalue weighted by molar-refractivity contribution is 0.538. The van der Waals surface area contributed by atoms with E-state index in [2.05, 4.69) is 61.6 Å². The maximum Gasteiger partial charge on any atom is 0.00362 e. The largest absolute Gasteiger partial charge is 0.314 e. The Morgan fingerprint density at radius 3 is 2.65 bits per heavy atom. The summed E-state index contributed by atoms with van der Waals surface area (Å²) in [6.07, 6.45) is 2.29. The number of benzene rings is 2. The van der Waals surface area contributed by atoms with Gasteiger partial charge in [0.05, 0.1) is 0 Å². The number of fused-ring (bicyclic) bond motifs is 1. The summed E-state index contributed by atoms with van der Waals surface area (Å²) in [6, 6.07) is 15.8. The van der Waals surface area contributed by atoms with Crippen LogP contribution in [-0.4, -0.2) is 12.6 Å². The van der Waals surface area contributed by atoms with Crippen LogP contribution in [0.1, 0.15) is 25.8 Å². The highest BCUT2D eigenvalue weighted by atomic mass is 14.9. The topological polar surface area (TPSA) is 12.0 Å². The average Bonchev–Trinajstić information content (AvgIpc) is 2.39. The van der Waals surface area contributed by atoms with Gasteiger partial charge in [0.1, 0.15) is 0 Å². The Bertz CT molecular complexity index is 470. The maximum absolute atomic E-state index is 3.55. The third-order valence-corrected chi connectivity index (χ3v) is 3.38. The zero-order chi connectivity index (χ0) is 12.1. The van der Waals surface area contributed by atoms with Crippen LogP contribution < -0.4 is 5.32 Å². The van der Waals surface area contributed by atoms with E-state index in [-0.39, 0.29) is 0 Å². The molecule has 1 unspecified atom stereocenters. The van der Waals surface area contributed by atoms with Crippen molar-refractivity contribution in [1.29, 1.82) is 0 Å². The van der Waals surface area contributed by atoms with Gasteiger partial charge >= 0.3 is 0 Å². The van der Waals surface area contributed by atoms with Crippen molar-refractivity contribution in [2.45, 2.75) is 32.7 Å². The summed E-state index contributed by atoms with van der Waals surface area (Å²) in [5.74, 6) is 0. The van der Waals surface area contributed by atoms with Crippen molar-refractivity contribution in [2.24, 2.45) is 0 Å². The first kappa shape index (κ1) is 12.1. The smallest absolute Gasteiger partial charge is 0.00362 e. The summed E-state index contributed by atoms with van der Waals surface area (Å²) in [7, 11) is 0. The Balaban J connectivity index is 2.08. The molecule has 17 heavy (non-hydrogen) atoms. The van der Waals surface area contributed by atoms with Gasteiger partial charge in [-0.25, -0.2) is 0 Å². The molecule has 0 aromatic heterocycles. The van der Waals surface area contributed by atoms with Gasteiger partial charge < -0.3 is 5.32 Å². The molecule has 2 aromatic rings. The van der Waals surface area contributed by atoms with Crippen LogP contribution in [0.3, 0.4) is 0 Å². The molecule has 90 valence electrons. The molecule has 0 aliphatic heterocycles. The summed E-state index contributed by atoms with van der Waals surface area (Å²) in [5.41, 5.74) is 1.44. The predicted molar refractivity (Wildman–Crippen MR) is 75.4 cm³/mol. The monoisotopic (exact) mass is 227 g/mol. The van der Waals surface area contributed by atoms with E-state index < -0.39 is 0 Å². The summed E-state index contributed by atoms with van der Waals surface area (Å²) < 4.78 is 0. The lowest BCUT2D eigenvalue weighted by atomic mass is 10.0. The third kappa shape index (κ3) is 3.07. The molecule has 2 rings (SSSR count). The lowest BCUT2D eigenvalue weighted by Gasteiger charge is -2.12. The number of rotatable bonds is 5. The molecule has 0 radical (unpaired) electrons. The molecule has 1 nitrogen and oxygen atoms in total. The van der Waals surface area contributed by atoms with Crippen molar-refractivity contribution in [1.82, 2.24) is 5.32 Å². The van der Waals surface area contributed by atoms with Crippen molar-refractivity contribution in [2.75, 3.05) is 6.54 Å². The van der Waals surface area contributed by atoms with Crippen molar-refractivity contribution in [3.05, 3.63) is 48.0 Å². The number of hydrogen-bond acceptors (Lipinski definition) is 1. The highest BCUT2D eigenvalue weighted by molar-refractivity contribution is 5.85. The third-order valence-electron chi connectivity index (χ3n) is 3.38. The number of hydrogen-bond donors (Lipinski definition) is 1. The standard InChI is InChI=1S/C16H21N/c1-3-13(2)17-12-11-15-9-6-8-14-7-4-5-10-16(14)15/h4-10,13,17H,3,11-12H2,1-2H3. The molecular formula is C16H21N. The molecule has 0 saturated heterocycles. The first-order chi connectivity index (χ1) is 8.31. The predicted octanol–water partition coefficient (Wildman–Crippen LogP) is 3.77. The molecular weight excluding hydrogens is 206 g/mol. The van der Waals surface area contributed by atoms with E-state index in [1.54, 1.807) is 0 Å². The van der Waals surface area contributed by atoms with Crippen LogP contribution in [0.5, 0.6) is 0 Å². The summed E-state index contributed by atoms with van der Waals surface area (Å²) in [4.78, 5) is 0. The Morgan fingerprint density at radius 2 is 1.82 bits per heavy atom. The molecule has 0 amide bonds. The lowest BCUT2D eigenvalue weighted by Crippen LogP contribution is -2.27. The van der Waals surface area contributed by atoms with Crippen LogP contribution in [0.4, 0.5) is 0 Å². The minimum absolute atomic E-state index is 0.616. The summed E-state index contributed by atoms with van der Waals surface area (Å²) in [6.45, 7) is 5.52. The van der Waals surface area contributed by atoms with Gasteiger partial charge in [-0.2, -0.15) is 0 Å². The second kappa shape index (κ2) is 5.83. The Labute approximate surface area is 104 Å². The summed E-state index contributed by atoms with van der Waals surface area (Å²) >= 11 is 0. The fraction of sp³-hybridized carbons (Fsp3) is 0.375. The molecule has 0 saturated carbocycles. The highest BCUT2D eigenvalue weighted by Gasteiger charge is 2.01. The second-order valence-corrected chi connectivity index (χ2v) is 4.65. The van der Waals surface area contributed by atoms with Gasteiger partial charge in [0.25, 0.3) is 0 Å². The minimum atomic E-state index is 0.616. The molecule has 1 N–H and O–H groups in total. The van der Waals surface area contributed by atoms with Crippen molar-refractivity contribution in [3.8, 4) is 0 Å². The van der Waals surface area contributed by atoms with Gasteiger partial charge in [-0.1, -0.05) is 49.4 Å². The zero-order valence-electron chi connectivity index (χ0n) is 10.7. The average molecular weight is 227 g/mol. The van der Waals surface area contributed by atoms with Gasteiger partial charge in [0.2, 0.25) is 0 Å². The van der Waals surface area contributed by atoms with Crippen molar-refractivity contribution < 1.29 is 0 Å². The second-order valence-electron chi connectivity index (χ2n) is 4.65. The minimum Gasteiger partial charge on any atom is -0.314 e. The first-order valence-electron chi connectivity index (χ1n) is 6.51. The molecule has 0 aliphatic rings. The van der Waals surface area contributed by atoms with Gasteiger partial charge in [-0.3, -0.25) is 0 Å². The fourth-order valence-corrected chi connectivity index (χ4v) is 2.11. The summed E-state index contributed by atoms with van der Waals surface area (Å²) in [5, 5.41) is 6.28. The molecule has 0 bridgehead atoms. The molecule has 2 aromatic carbocycles. The van der Waals surface area contributed by atoms with E-state index in [1.807, 2.05) is 0 Å². The number of nitrogens with one attached hydrogen (secondary N) is 1.